The first kappa shape index (κ1) is 13.0. The Kier molecular flexibility index (Phi) is 5.88. The lowest BCUT2D eigenvalue weighted by Crippen LogP contribution is -2.16. The molecule has 0 bridgehead atoms. The molecule has 5 heteroatoms. The minimum absolute atomic E-state index is 0.314. The number of aryl methyl sites for hydroxylation is 1. The third kappa shape index (κ3) is 4.63. The topological polar surface area (TPSA) is 70.6 Å². The summed E-state index contributed by atoms with van der Waals surface area (Å²) in [6.45, 7) is 4.03. The molecule has 0 aromatic carbocycles. The lowest BCUT2D eigenvalue weighted by Gasteiger charge is -2.04. The predicted molar refractivity (Wildman–Crippen MR) is 68.0 cm³/mol. The van der Waals surface area contributed by atoms with E-state index in [9.17, 15) is 0 Å². The van der Waals surface area contributed by atoms with E-state index < -0.39 is 0 Å². The van der Waals surface area contributed by atoms with Crippen LogP contribution in [0.5, 0.6) is 0 Å². The summed E-state index contributed by atoms with van der Waals surface area (Å²) in [4.78, 5) is 0. The second-order valence-electron chi connectivity index (χ2n) is 3.81. The van der Waals surface area contributed by atoms with E-state index in [4.69, 9.17) is 10.9 Å². The van der Waals surface area contributed by atoms with Crippen molar-refractivity contribution in [1.82, 2.24) is 5.32 Å². The molecule has 0 fully saturated rings. The number of nitrogens with two attached hydrogens (primary N) is 1. The molecule has 0 unspecified atom stereocenters. The molecule has 4 nitrogen and oxygen atoms in total. The number of oxime groups is 1. The van der Waals surface area contributed by atoms with Gasteiger partial charge in [0.2, 0.25) is 0 Å². The van der Waals surface area contributed by atoms with Crippen LogP contribution in [0.4, 0.5) is 0 Å². The summed E-state index contributed by atoms with van der Waals surface area (Å²) in [5.74, 6) is 0.314. The summed E-state index contributed by atoms with van der Waals surface area (Å²) < 4.78 is 0. The molecule has 0 atom stereocenters. The molecule has 1 rings (SSSR count). The van der Waals surface area contributed by atoms with Crippen molar-refractivity contribution in [2.45, 2.75) is 32.7 Å². The molecule has 0 aliphatic rings. The average molecular weight is 241 g/mol. The number of hydrogen-bond donors (Lipinski definition) is 3. The largest absolute Gasteiger partial charge is 0.409 e. The number of nitrogens with one attached hydrogen (secondary N) is 1. The molecular formula is C11H19N3OS. The average Bonchev–Trinajstić information content (AvgIpc) is 2.69. The minimum Gasteiger partial charge on any atom is -0.409 e. The molecule has 16 heavy (non-hydrogen) atoms. The van der Waals surface area contributed by atoms with Crippen molar-refractivity contribution in [3.05, 3.63) is 21.9 Å². The van der Waals surface area contributed by atoms with Crippen LogP contribution in [0.15, 0.2) is 15.9 Å². The third-order valence-electron chi connectivity index (χ3n) is 2.44. The number of unbranched alkanes of at least 4 members (excludes halogenated alkanes) is 1. The smallest absolute Gasteiger partial charge is 0.139 e. The van der Waals surface area contributed by atoms with Crippen molar-refractivity contribution in [2.75, 3.05) is 6.54 Å². The first-order chi connectivity index (χ1) is 7.74. The van der Waals surface area contributed by atoms with Crippen LogP contribution in [0.25, 0.3) is 0 Å². The van der Waals surface area contributed by atoms with Crippen LogP contribution >= 0.6 is 11.3 Å². The lowest BCUT2D eigenvalue weighted by molar-refractivity contribution is 0.316. The zero-order valence-corrected chi connectivity index (χ0v) is 10.4. The Labute approximate surface area is 100 Å². The highest BCUT2D eigenvalue weighted by Gasteiger charge is 1.98. The highest BCUT2D eigenvalue weighted by atomic mass is 32.1. The van der Waals surface area contributed by atoms with E-state index >= 15 is 0 Å². The van der Waals surface area contributed by atoms with Crippen LogP contribution in [0.3, 0.4) is 0 Å². The van der Waals surface area contributed by atoms with Crippen molar-refractivity contribution < 1.29 is 5.21 Å². The molecule has 0 spiro atoms. The zero-order valence-electron chi connectivity index (χ0n) is 9.57. The predicted octanol–water partition coefficient (Wildman–Crippen LogP) is 2.06. The molecule has 0 aliphatic carbocycles. The fourth-order valence-corrected chi connectivity index (χ4v) is 2.25. The summed E-state index contributed by atoms with van der Waals surface area (Å²) in [6.07, 6.45) is 2.65. The van der Waals surface area contributed by atoms with Gasteiger partial charge in [-0.3, -0.25) is 0 Å². The van der Waals surface area contributed by atoms with Crippen LogP contribution in [0.1, 0.15) is 30.4 Å². The van der Waals surface area contributed by atoms with Crippen LogP contribution in [0.2, 0.25) is 0 Å². The van der Waals surface area contributed by atoms with Crippen molar-refractivity contribution in [1.29, 1.82) is 0 Å². The summed E-state index contributed by atoms with van der Waals surface area (Å²) in [5.41, 5.74) is 8.10. The van der Waals surface area contributed by atoms with Gasteiger partial charge in [0.05, 0.1) is 0 Å². The van der Waals surface area contributed by atoms with Gasteiger partial charge in [-0.15, -0.1) is 0 Å². The van der Waals surface area contributed by atoms with Gasteiger partial charge in [0.25, 0.3) is 0 Å². The molecular weight excluding hydrogens is 222 g/mol. The maximum Gasteiger partial charge on any atom is 0.139 e. The Bertz CT molecular complexity index is 336. The van der Waals surface area contributed by atoms with Crippen molar-refractivity contribution in [2.24, 2.45) is 10.9 Å². The highest BCUT2D eigenvalue weighted by Crippen LogP contribution is 2.12. The third-order valence-corrected chi connectivity index (χ3v) is 3.35. The maximum atomic E-state index is 8.34. The van der Waals surface area contributed by atoms with E-state index in [1.807, 2.05) is 0 Å². The SMILES string of the molecule is Cc1cscc1CNCCCCC(N)=NO. The molecule has 1 heterocycles. The molecule has 0 saturated heterocycles. The quantitative estimate of drug-likeness (QED) is 0.225. The Morgan fingerprint density at radius 3 is 2.94 bits per heavy atom. The highest BCUT2D eigenvalue weighted by molar-refractivity contribution is 7.08. The second kappa shape index (κ2) is 7.24. The number of thiophene rings is 1. The molecule has 0 saturated carbocycles. The van der Waals surface area contributed by atoms with Gasteiger partial charge < -0.3 is 16.3 Å². The minimum atomic E-state index is 0.314. The Hall–Kier alpha value is -1.07. The monoisotopic (exact) mass is 241 g/mol. The van der Waals surface area contributed by atoms with Crippen LogP contribution in [-0.2, 0) is 6.54 Å². The zero-order chi connectivity index (χ0) is 11.8. The summed E-state index contributed by atoms with van der Waals surface area (Å²) in [7, 11) is 0. The van der Waals surface area contributed by atoms with Crippen molar-refractivity contribution in [3.8, 4) is 0 Å². The molecule has 4 N–H and O–H groups in total. The Morgan fingerprint density at radius 2 is 2.31 bits per heavy atom. The Balaban J connectivity index is 2.03. The number of hydrogen-bond acceptors (Lipinski definition) is 4. The van der Waals surface area contributed by atoms with Gasteiger partial charge in [0.1, 0.15) is 5.84 Å². The normalized spacial score (nSPS) is 11.9. The van der Waals surface area contributed by atoms with E-state index in [-0.39, 0.29) is 0 Å². The van der Waals surface area contributed by atoms with Crippen molar-refractivity contribution in [3.63, 3.8) is 0 Å². The van der Waals surface area contributed by atoms with Gasteiger partial charge >= 0.3 is 0 Å². The van der Waals surface area contributed by atoms with E-state index in [1.165, 1.54) is 11.1 Å². The Morgan fingerprint density at radius 1 is 1.50 bits per heavy atom. The molecule has 0 aliphatic heterocycles. The first-order valence-corrected chi connectivity index (χ1v) is 6.37. The fourth-order valence-electron chi connectivity index (χ4n) is 1.40. The lowest BCUT2D eigenvalue weighted by atomic mass is 10.2. The fraction of sp³-hybridized carbons (Fsp3) is 0.545. The summed E-state index contributed by atoms with van der Waals surface area (Å²) in [6, 6.07) is 0. The van der Waals surface area contributed by atoms with Gasteiger partial charge in [0, 0.05) is 13.0 Å². The molecule has 90 valence electrons. The van der Waals surface area contributed by atoms with E-state index in [0.29, 0.717) is 12.3 Å². The number of nitrogens with zero attached hydrogens (tertiary/aromatic N) is 1. The number of rotatable bonds is 7. The number of amidine groups is 1. The van der Waals surface area contributed by atoms with Crippen LogP contribution in [-0.4, -0.2) is 17.6 Å². The van der Waals surface area contributed by atoms with Gasteiger partial charge in [0.15, 0.2) is 0 Å². The van der Waals surface area contributed by atoms with E-state index in [2.05, 4.69) is 28.2 Å². The molecule has 1 aromatic rings. The second-order valence-corrected chi connectivity index (χ2v) is 4.55. The first-order valence-electron chi connectivity index (χ1n) is 5.43. The summed E-state index contributed by atoms with van der Waals surface area (Å²) in [5, 5.41) is 19.0. The van der Waals surface area contributed by atoms with Gasteiger partial charge in [-0.05, 0) is 48.2 Å². The standard InChI is InChI=1S/C11H19N3OS/c1-9-7-16-8-10(9)6-13-5-3-2-4-11(12)14-15/h7-8,13,15H,2-6H2,1H3,(H2,12,14). The molecule has 0 radical (unpaired) electrons. The van der Waals surface area contributed by atoms with Crippen molar-refractivity contribution >= 4 is 17.2 Å². The van der Waals surface area contributed by atoms with Crippen LogP contribution < -0.4 is 11.1 Å². The van der Waals surface area contributed by atoms with Gasteiger partial charge in [-0.25, -0.2) is 0 Å². The van der Waals surface area contributed by atoms with E-state index in [1.54, 1.807) is 11.3 Å². The van der Waals surface area contributed by atoms with Gasteiger partial charge in [-0.1, -0.05) is 5.16 Å². The van der Waals surface area contributed by atoms with E-state index in [0.717, 1.165) is 25.9 Å². The van der Waals surface area contributed by atoms with Gasteiger partial charge in [-0.2, -0.15) is 11.3 Å². The maximum absolute atomic E-state index is 8.34. The summed E-state index contributed by atoms with van der Waals surface area (Å²) >= 11 is 1.74. The molecule has 1 aromatic heterocycles. The molecule has 0 amide bonds. The van der Waals surface area contributed by atoms with Crippen LogP contribution in [0, 0.1) is 6.92 Å².